The molecule has 2 aromatic carbocycles. The number of benzene rings is 2. The fourth-order valence-corrected chi connectivity index (χ4v) is 3.69. The van der Waals surface area contributed by atoms with Gasteiger partial charge in [0.1, 0.15) is 6.04 Å². The van der Waals surface area contributed by atoms with Crippen LogP contribution < -0.4 is 5.32 Å². The van der Waals surface area contributed by atoms with Crippen LogP contribution in [0.5, 0.6) is 0 Å². The van der Waals surface area contributed by atoms with Gasteiger partial charge in [-0.3, -0.25) is 14.4 Å². The number of fused-ring (bicyclic) bond motifs is 1. The number of carboxylic acid groups (broad SMARTS) is 1. The Balaban J connectivity index is 1.89. The van der Waals surface area contributed by atoms with E-state index in [1.54, 1.807) is 18.2 Å². The number of hydrogen-bond donors (Lipinski definition) is 2. The lowest BCUT2D eigenvalue weighted by Crippen LogP contribution is -2.47. The number of hydrogen-bond acceptors (Lipinski definition) is 3. The zero-order chi connectivity index (χ0) is 21.0. The Kier molecular flexibility index (Phi) is 6.32. The summed E-state index contributed by atoms with van der Waals surface area (Å²) in [4.78, 5) is 39.2. The molecule has 2 unspecified atom stereocenters. The third-order valence-electron chi connectivity index (χ3n) is 5.08. The summed E-state index contributed by atoms with van der Waals surface area (Å²) in [6, 6.07) is 15.5. The number of rotatable bonds is 6. The summed E-state index contributed by atoms with van der Waals surface area (Å²) in [7, 11) is 0. The van der Waals surface area contributed by atoms with Crippen LogP contribution in [0.4, 0.5) is 0 Å². The average Bonchev–Trinajstić information content (AvgIpc) is 2.70. The molecule has 1 aliphatic rings. The van der Waals surface area contributed by atoms with Crippen molar-refractivity contribution in [1.29, 1.82) is 0 Å². The second kappa shape index (κ2) is 8.90. The molecule has 0 spiro atoms. The number of nitrogens with zero attached hydrogens (tertiary/aromatic N) is 1. The van der Waals surface area contributed by atoms with Crippen LogP contribution in [-0.2, 0) is 20.9 Å². The van der Waals surface area contributed by atoms with Crippen LogP contribution in [-0.4, -0.2) is 34.3 Å². The highest BCUT2D eigenvalue weighted by Gasteiger charge is 2.35. The number of carbonyl (C=O) groups excluding carboxylic acids is 2. The smallest absolute Gasteiger partial charge is 0.312 e. The minimum Gasteiger partial charge on any atom is -0.481 e. The van der Waals surface area contributed by atoms with Crippen molar-refractivity contribution in [2.24, 2.45) is 5.92 Å². The Bertz CT molecular complexity index is 895. The van der Waals surface area contributed by atoms with Gasteiger partial charge in [-0.25, -0.2) is 0 Å². The number of nitrogens with one attached hydrogen (secondary N) is 1. The summed E-state index contributed by atoms with van der Waals surface area (Å²) in [5.41, 5.74) is 2.24. The van der Waals surface area contributed by atoms with Gasteiger partial charge in [0.25, 0.3) is 0 Å². The molecular formula is C23H26N2O4. The molecule has 152 valence electrons. The highest BCUT2D eigenvalue weighted by Crippen LogP contribution is 2.30. The maximum atomic E-state index is 13.4. The Hall–Kier alpha value is -3.15. The van der Waals surface area contributed by atoms with Crippen LogP contribution >= 0.6 is 0 Å². The number of carboxylic acids is 1. The number of amides is 2. The molecule has 2 atom stereocenters. The molecule has 1 heterocycles. The largest absolute Gasteiger partial charge is 0.481 e. The van der Waals surface area contributed by atoms with Crippen molar-refractivity contribution in [3.8, 4) is 0 Å². The Labute approximate surface area is 170 Å². The molecule has 0 saturated carbocycles. The van der Waals surface area contributed by atoms with Crippen LogP contribution in [0.2, 0.25) is 0 Å². The van der Waals surface area contributed by atoms with Gasteiger partial charge in [0.05, 0.1) is 5.92 Å². The first kappa shape index (κ1) is 20.6. The predicted octanol–water partition coefficient (Wildman–Crippen LogP) is 3.10. The molecular weight excluding hydrogens is 368 g/mol. The summed E-state index contributed by atoms with van der Waals surface area (Å²) in [6.45, 7) is 4.28. The Morgan fingerprint density at radius 3 is 2.38 bits per heavy atom. The van der Waals surface area contributed by atoms with Crippen molar-refractivity contribution in [3.05, 3.63) is 71.3 Å². The zero-order valence-electron chi connectivity index (χ0n) is 16.7. The van der Waals surface area contributed by atoms with Gasteiger partial charge in [-0.1, -0.05) is 68.4 Å². The molecule has 2 N–H and O–H groups in total. The van der Waals surface area contributed by atoms with Crippen LogP contribution in [0.1, 0.15) is 48.9 Å². The molecule has 0 aromatic heterocycles. The fourth-order valence-electron chi connectivity index (χ4n) is 3.69. The molecule has 0 bridgehead atoms. The first-order valence-electron chi connectivity index (χ1n) is 9.80. The van der Waals surface area contributed by atoms with Gasteiger partial charge in [0, 0.05) is 19.5 Å². The normalized spacial score (nSPS) is 16.8. The monoisotopic (exact) mass is 394 g/mol. The van der Waals surface area contributed by atoms with Gasteiger partial charge in [-0.05, 0) is 22.6 Å². The lowest BCUT2D eigenvalue weighted by atomic mass is 9.89. The van der Waals surface area contributed by atoms with Crippen molar-refractivity contribution in [1.82, 2.24) is 10.2 Å². The van der Waals surface area contributed by atoms with Crippen LogP contribution in [0.3, 0.4) is 0 Å². The minimum absolute atomic E-state index is 0.0779. The van der Waals surface area contributed by atoms with Crippen molar-refractivity contribution < 1.29 is 19.5 Å². The van der Waals surface area contributed by atoms with E-state index in [0.29, 0.717) is 18.5 Å². The van der Waals surface area contributed by atoms with Gasteiger partial charge in [-0.2, -0.15) is 0 Å². The first-order chi connectivity index (χ1) is 13.9. The first-order valence-corrected chi connectivity index (χ1v) is 9.80. The van der Waals surface area contributed by atoms with Gasteiger partial charge >= 0.3 is 5.97 Å². The van der Waals surface area contributed by atoms with E-state index >= 15 is 0 Å². The fraction of sp³-hybridized carbons (Fsp3) is 0.348. The van der Waals surface area contributed by atoms with E-state index in [1.807, 2.05) is 50.2 Å². The third-order valence-corrected chi connectivity index (χ3v) is 5.08. The lowest BCUT2D eigenvalue weighted by Gasteiger charge is -2.35. The van der Waals surface area contributed by atoms with Crippen molar-refractivity contribution >= 4 is 17.8 Å². The van der Waals surface area contributed by atoms with E-state index in [1.165, 1.54) is 4.90 Å². The van der Waals surface area contributed by atoms with Gasteiger partial charge in [0.15, 0.2) is 0 Å². The topological polar surface area (TPSA) is 86.7 Å². The highest BCUT2D eigenvalue weighted by molar-refractivity contribution is 5.90. The van der Waals surface area contributed by atoms with Crippen molar-refractivity contribution in [3.63, 3.8) is 0 Å². The van der Waals surface area contributed by atoms with Crippen molar-refractivity contribution in [2.45, 2.75) is 38.8 Å². The van der Waals surface area contributed by atoms with E-state index in [0.717, 1.165) is 11.1 Å². The molecule has 0 fully saturated rings. The van der Waals surface area contributed by atoms with Gasteiger partial charge in [-0.15, -0.1) is 0 Å². The molecule has 6 heteroatoms. The lowest BCUT2D eigenvalue weighted by molar-refractivity contribution is -0.143. The minimum atomic E-state index is -0.963. The molecule has 0 radical (unpaired) electrons. The molecule has 0 saturated heterocycles. The highest BCUT2D eigenvalue weighted by atomic mass is 16.4. The Morgan fingerprint density at radius 1 is 1.07 bits per heavy atom. The molecule has 6 nitrogen and oxygen atoms in total. The molecule has 0 aliphatic carbocycles. The van der Waals surface area contributed by atoms with E-state index in [-0.39, 0.29) is 24.3 Å². The van der Waals surface area contributed by atoms with E-state index in [9.17, 15) is 19.5 Å². The van der Waals surface area contributed by atoms with Crippen LogP contribution in [0.15, 0.2) is 54.6 Å². The third kappa shape index (κ3) is 4.83. The van der Waals surface area contributed by atoms with Crippen LogP contribution in [0.25, 0.3) is 0 Å². The summed E-state index contributed by atoms with van der Waals surface area (Å²) in [6.07, 6.45) is 0.317. The molecule has 2 aromatic rings. The summed E-state index contributed by atoms with van der Waals surface area (Å²) in [5.74, 6) is -2.08. The van der Waals surface area contributed by atoms with Crippen molar-refractivity contribution in [2.75, 3.05) is 6.54 Å². The average molecular weight is 394 g/mol. The molecule has 2 amide bonds. The number of carbonyl (C=O) groups is 3. The second-order valence-corrected chi connectivity index (χ2v) is 7.82. The van der Waals surface area contributed by atoms with Crippen LogP contribution in [0, 0.1) is 5.92 Å². The van der Waals surface area contributed by atoms with Gasteiger partial charge in [0.2, 0.25) is 11.8 Å². The number of aliphatic carboxylic acids is 1. The molecule has 1 aliphatic heterocycles. The SMILES string of the molecule is CC(C)CC(=O)NC(C(=O)N1Cc2ccccc2C(C(=O)O)C1)c1ccccc1. The molecule has 3 rings (SSSR count). The predicted molar refractivity (Wildman–Crippen MR) is 109 cm³/mol. The summed E-state index contributed by atoms with van der Waals surface area (Å²) < 4.78 is 0. The maximum absolute atomic E-state index is 13.4. The standard InChI is InChI=1S/C23H26N2O4/c1-15(2)12-20(26)24-21(16-8-4-3-5-9-16)22(27)25-13-17-10-6-7-11-18(17)19(14-25)23(28)29/h3-11,15,19,21H,12-14H2,1-2H3,(H,24,26)(H,28,29). The summed E-state index contributed by atoms with van der Waals surface area (Å²) >= 11 is 0. The quantitative estimate of drug-likeness (QED) is 0.788. The zero-order valence-corrected chi connectivity index (χ0v) is 16.7. The summed E-state index contributed by atoms with van der Waals surface area (Å²) in [5, 5.41) is 12.5. The van der Waals surface area contributed by atoms with Gasteiger partial charge < -0.3 is 15.3 Å². The second-order valence-electron chi connectivity index (χ2n) is 7.82. The van der Waals surface area contributed by atoms with E-state index < -0.39 is 17.9 Å². The Morgan fingerprint density at radius 2 is 1.72 bits per heavy atom. The molecule has 29 heavy (non-hydrogen) atoms. The van der Waals surface area contributed by atoms with E-state index in [4.69, 9.17) is 0 Å². The van der Waals surface area contributed by atoms with E-state index in [2.05, 4.69) is 5.32 Å². The maximum Gasteiger partial charge on any atom is 0.312 e.